The molecule has 6 nitrogen and oxygen atoms in total. The van der Waals surface area contributed by atoms with E-state index in [4.69, 9.17) is 0 Å². The number of hydrogen-bond acceptors (Lipinski definition) is 5. The monoisotopic (exact) mass is 309 g/mol. The van der Waals surface area contributed by atoms with Crippen LogP contribution in [0, 0.1) is 11.3 Å². The van der Waals surface area contributed by atoms with Crippen LogP contribution in [0.15, 0.2) is 9.95 Å². The van der Waals surface area contributed by atoms with Gasteiger partial charge in [0.05, 0.1) is 6.07 Å². The summed E-state index contributed by atoms with van der Waals surface area (Å²) in [6.45, 7) is 4.86. The summed E-state index contributed by atoms with van der Waals surface area (Å²) in [5.74, 6) is 0.867. The molecule has 1 aliphatic carbocycles. The number of aromatic nitrogens is 3. The average molecular weight is 309 g/mol. The number of H-pyrrole nitrogens is 1. The van der Waals surface area contributed by atoms with Gasteiger partial charge in [-0.2, -0.15) is 5.26 Å². The fraction of sp³-hybridized carbons (Fsp3) is 0.786. The third-order valence-corrected chi connectivity index (χ3v) is 4.93. The van der Waals surface area contributed by atoms with Crippen LogP contribution in [-0.4, -0.2) is 32.6 Å². The number of nitrogens with one attached hydrogen (secondary N) is 2. The second kappa shape index (κ2) is 7.14. The van der Waals surface area contributed by atoms with Gasteiger partial charge in [0, 0.05) is 11.8 Å². The molecule has 1 heterocycles. The van der Waals surface area contributed by atoms with Crippen LogP contribution in [0.25, 0.3) is 0 Å². The fourth-order valence-electron chi connectivity index (χ4n) is 2.49. The molecule has 0 spiro atoms. The van der Waals surface area contributed by atoms with Crippen molar-refractivity contribution in [2.24, 2.45) is 0 Å². The zero-order chi connectivity index (χ0) is 15.3. The molecule has 1 fully saturated rings. The highest BCUT2D eigenvalue weighted by atomic mass is 32.2. The Labute approximate surface area is 129 Å². The molecule has 2 N–H and O–H groups in total. The minimum atomic E-state index is -0.420. The fourth-order valence-corrected chi connectivity index (χ4v) is 3.44. The largest absolute Gasteiger partial charge is 0.344 e. The first kappa shape index (κ1) is 16.1. The quantitative estimate of drug-likeness (QED) is 0.538. The van der Waals surface area contributed by atoms with Crippen molar-refractivity contribution in [3.05, 3.63) is 10.5 Å². The number of nitrogens with zero attached hydrogens (tertiary/aromatic N) is 3. The van der Waals surface area contributed by atoms with Crippen LogP contribution in [0.1, 0.15) is 52.0 Å². The van der Waals surface area contributed by atoms with Gasteiger partial charge in [-0.3, -0.25) is 9.88 Å². The molecule has 0 aromatic carbocycles. The van der Waals surface area contributed by atoms with Gasteiger partial charge in [-0.25, -0.2) is 9.89 Å². The lowest BCUT2D eigenvalue weighted by molar-refractivity contribution is 0.379. The van der Waals surface area contributed by atoms with E-state index in [1.807, 2.05) is 13.8 Å². The average Bonchev–Trinajstić information content (AvgIpc) is 3.26. The Morgan fingerprint density at radius 1 is 1.57 bits per heavy atom. The smallest absolute Gasteiger partial charge is 0.300 e. The van der Waals surface area contributed by atoms with Gasteiger partial charge >= 0.3 is 5.69 Å². The summed E-state index contributed by atoms with van der Waals surface area (Å²) in [6.07, 6.45) is 4.68. The number of thioether (sulfide) groups is 1. The molecule has 0 aliphatic heterocycles. The van der Waals surface area contributed by atoms with E-state index in [-0.39, 0.29) is 5.69 Å². The molecule has 1 aromatic heterocycles. The van der Waals surface area contributed by atoms with Gasteiger partial charge in [0.15, 0.2) is 5.16 Å². The Kier molecular flexibility index (Phi) is 5.48. The van der Waals surface area contributed by atoms with Gasteiger partial charge in [0.25, 0.3) is 0 Å². The lowest BCUT2D eigenvalue weighted by Gasteiger charge is -2.25. The highest BCUT2D eigenvalue weighted by Crippen LogP contribution is 2.36. The maximum Gasteiger partial charge on any atom is 0.344 e. The van der Waals surface area contributed by atoms with Gasteiger partial charge in [-0.05, 0) is 38.6 Å². The molecular formula is C14H23N5OS. The molecule has 0 radical (unpaired) electrons. The van der Waals surface area contributed by atoms with Gasteiger partial charge in [-0.15, -0.1) is 5.10 Å². The van der Waals surface area contributed by atoms with Crippen LogP contribution in [0.2, 0.25) is 0 Å². The summed E-state index contributed by atoms with van der Waals surface area (Å²) in [4.78, 5) is 11.7. The summed E-state index contributed by atoms with van der Waals surface area (Å²) in [6, 6.07) is 2.75. The number of rotatable bonds is 9. The predicted octanol–water partition coefficient (Wildman–Crippen LogP) is 2.06. The molecule has 1 unspecified atom stereocenters. The zero-order valence-electron chi connectivity index (χ0n) is 12.7. The van der Waals surface area contributed by atoms with Crippen molar-refractivity contribution >= 4 is 11.8 Å². The molecule has 2 rings (SSSR count). The summed E-state index contributed by atoms with van der Waals surface area (Å²) in [7, 11) is 0. The minimum absolute atomic E-state index is 0.104. The Bertz CT molecular complexity index is 556. The van der Waals surface area contributed by atoms with Crippen LogP contribution in [0.3, 0.4) is 0 Å². The standard InChI is InChI=1S/C14H23N5OS/c1-3-14(10-15,16-4-2)8-5-9-21-13-18-17-12(20)19(13)11-6-7-11/h11,16H,3-9H2,1-2H3,(H,17,20). The summed E-state index contributed by atoms with van der Waals surface area (Å²) >= 11 is 1.60. The van der Waals surface area contributed by atoms with Crippen molar-refractivity contribution in [1.29, 1.82) is 5.26 Å². The van der Waals surface area contributed by atoms with E-state index in [9.17, 15) is 10.1 Å². The molecule has 0 bridgehead atoms. The van der Waals surface area contributed by atoms with Crippen LogP contribution in [0.4, 0.5) is 0 Å². The highest BCUT2D eigenvalue weighted by molar-refractivity contribution is 7.99. The van der Waals surface area contributed by atoms with Crippen molar-refractivity contribution in [3.8, 4) is 6.07 Å². The van der Waals surface area contributed by atoms with Crippen LogP contribution in [0.5, 0.6) is 0 Å². The molecule has 0 saturated heterocycles. The molecule has 7 heteroatoms. The van der Waals surface area contributed by atoms with E-state index in [1.165, 1.54) is 0 Å². The van der Waals surface area contributed by atoms with Crippen molar-refractivity contribution in [2.75, 3.05) is 12.3 Å². The maximum absolute atomic E-state index is 11.7. The normalized spacial score (nSPS) is 17.4. The molecule has 1 aromatic rings. The first-order valence-corrected chi connectivity index (χ1v) is 8.60. The third-order valence-electron chi connectivity index (χ3n) is 3.90. The second-order valence-corrected chi connectivity index (χ2v) is 6.50. The Balaban J connectivity index is 1.85. The Morgan fingerprint density at radius 2 is 2.33 bits per heavy atom. The van der Waals surface area contributed by atoms with Gasteiger partial charge < -0.3 is 0 Å². The molecule has 1 atom stereocenters. The number of nitriles is 1. The Hall–Kier alpha value is -1.26. The van der Waals surface area contributed by atoms with Crippen molar-refractivity contribution in [1.82, 2.24) is 20.1 Å². The van der Waals surface area contributed by atoms with E-state index in [2.05, 4.69) is 21.6 Å². The van der Waals surface area contributed by atoms with Crippen molar-refractivity contribution in [3.63, 3.8) is 0 Å². The zero-order valence-corrected chi connectivity index (χ0v) is 13.5. The molecule has 21 heavy (non-hydrogen) atoms. The first-order chi connectivity index (χ1) is 10.2. The van der Waals surface area contributed by atoms with Gasteiger partial charge in [-0.1, -0.05) is 25.6 Å². The maximum atomic E-state index is 11.7. The summed E-state index contributed by atoms with van der Waals surface area (Å²) in [5.41, 5.74) is -0.524. The summed E-state index contributed by atoms with van der Waals surface area (Å²) < 4.78 is 1.77. The van der Waals surface area contributed by atoms with E-state index >= 15 is 0 Å². The van der Waals surface area contributed by atoms with Crippen molar-refractivity contribution in [2.45, 2.75) is 62.7 Å². The minimum Gasteiger partial charge on any atom is -0.300 e. The molecule has 1 aliphatic rings. The SMILES string of the molecule is CCNC(C#N)(CC)CCCSc1n[nH]c(=O)n1C1CC1. The van der Waals surface area contributed by atoms with E-state index in [0.29, 0.717) is 6.04 Å². The van der Waals surface area contributed by atoms with Gasteiger partial charge in [0.1, 0.15) is 5.54 Å². The number of hydrogen-bond donors (Lipinski definition) is 2. The number of aromatic amines is 1. The lowest BCUT2D eigenvalue weighted by atomic mass is 9.92. The predicted molar refractivity (Wildman–Crippen MR) is 83.4 cm³/mol. The molecule has 0 amide bonds. The lowest BCUT2D eigenvalue weighted by Crippen LogP contribution is -2.43. The Morgan fingerprint density at radius 3 is 2.90 bits per heavy atom. The highest BCUT2D eigenvalue weighted by Gasteiger charge is 2.29. The molecule has 116 valence electrons. The van der Waals surface area contributed by atoms with E-state index in [1.54, 1.807) is 16.3 Å². The van der Waals surface area contributed by atoms with Gasteiger partial charge in [0.2, 0.25) is 0 Å². The summed E-state index contributed by atoms with van der Waals surface area (Å²) in [5, 5.41) is 20.1. The third kappa shape index (κ3) is 3.89. The second-order valence-electron chi connectivity index (χ2n) is 5.44. The van der Waals surface area contributed by atoms with Crippen LogP contribution in [-0.2, 0) is 0 Å². The topological polar surface area (TPSA) is 86.5 Å². The van der Waals surface area contributed by atoms with E-state index in [0.717, 1.165) is 49.6 Å². The van der Waals surface area contributed by atoms with Crippen LogP contribution < -0.4 is 11.0 Å². The molecular weight excluding hydrogens is 286 g/mol. The van der Waals surface area contributed by atoms with Crippen LogP contribution >= 0.6 is 11.8 Å². The van der Waals surface area contributed by atoms with E-state index < -0.39 is 5.54 Å². The first-order valence-electron chi connectivity index (χ1n) is 7.61. The molecule has 1 saturated carbocycles. The van der Waals surface area contributed by atoms with Crippen molar-refractivity contribution < 1.29 is 0 Å².